The Morgan fingerprint density at radius 2 is 2.14 bits per heavy atom. The molecule has 0 heterocycles. The Labute approximate surface area is 85.1 Å². The smallest absolute Gasteiger partial charge is 0.407 e. The van der Waals surface area contributed by atoms with Gasteiger partial charge in [-0.2, -0.15) is 0 Å². The van der Waals surface area contributed by atoms with Crippen molar-refractivity contribution in [1.29, 1.82) is 0 Å². The van der Waals surface area contributed by atoms with Crippen molar-refractivity contribution < 1.29 is 9.53 Å². The third-order valence-corrected chi connectivity index (χ3v) is 1.17. The zero-order valence-corrected chi connectivity index (χ0v) is 9.26. The molecule has 0 radical (unpaired) electrons. The average Bonchev–Trinajstić information content (AvgIpc) is 1.98. The minimum Gasteiger partial charge on any atom is -0.444 e. The molecule has 0 aliphatic heterocycles. The summed E-state index contributed by atoms with van der Waals surface area (Å²) in [4.78, 5) is 14.9. The molecule has 4 heteroatoms. The van der Waals surface area contributed by atoms with Crippen molar-refractivity contribution in [1.82, 2.24) is 5.32 Å². The standard InChI is InChI=1S/C10H18N2O2/c1-8(6-11-5)7-12-9(13)14-10(2,3)4/h6H,1,7H2,2-5H3,(H,12,13)/b11-6-. The van der Waals surface area contributed by atoms with Gasteiger partial charge in [0.2, 0.25) is 0 Å². The molecule has 0 aromatic carbocycles. The number of hydrogen-bond acceptors (Lipinski definition) is 3. The number of carbonyl (C=O) groups is 1. The van der Waals surface area contributed by atoms with E-state index < -0.39 is 11.7 Å². The summed E-state index contributed by atoms with van der Waals surface area (Å²) in [5.74, 6) is 0. The van der Waals surface area contributed by atoms with Crippen LogP contribution in [0, 0.1) is 0 Å². The molecular weight excluding hydrogens is 180 g/mol. The van der Waals surface area contributed by atoms with Gasteiger partial charge in [0, 0.05) is 19.8 Å². The van der Waals surface area contributed by atoms with Gasteiger partial charge in [-0.05, 0) is 26.3 Å². The minimum absolute atomic E-state index is 0.353. The predicted octanol–water partition coefficient (Wildman–Crippen LogP) is 1.77. The molecule has 1 amide bonds. The first-order valence-electron chi connectivity index (χ1n) is 4.42. The summed E-state index contributed by atoms with van der Waals surface area (Å²) in [6.07, 6.45) is 1.15. The van der Waals surface area contributed by atoms with Crippen molar-refractivity contribution in [2.75, 3.05) is 13.6 Å². The maximum absolute atomic E-state index is 11.1. The van der Waals surface area contributed by atoms with E-state index in [1.807, 2.05) is 20.8 Å². The molecule has 14 heavy (non-hydrogen) atoms. The Morgan fingerprint density at radius 1 is 1.57 bits per heavy atom. The van der Waals surface area contributed by atoms with E-state index in [0.717, 1.165) is 5.57 Å². The van der Waals surface area contributed by atoms with Crippen LogP contribution in [0.25, 0.3) is 0 Å². The second kappa shape index (κ2) is 5.42. The van der Waals surface area contributed by atoms with Crippen molar-refractivity contribution in [3.63, 3.8) is 0 Å². The van der Waals surface area contributed by atoms with Gasteiger partial charge >= 0.3 is 6.09 Å². The van der Waals surface area contributed by atoms with Crippen LogP contribution in [0.4, 0.5) is 4.79 Å². The first-order valence-corrected chi connectivity index (χ1v) is 4.42. The molecular formula is C10H18N2O2. The SMILES string of the molecule is C=C(/C=N\C)CNC(=O)OC(C)(C)C. The summed E-state index contributed by atoms with van der Waals surface area (Å²) in [5, 5.41) is 2.57. The second-order valence-electron chi connectivity index (χ2n) is 3.90. The summed E-state index contributed by atoms with van der Waals surface area (Å²) in [6.45, 7) is 9.49. The van der Waals surface area contributed by atoms with Crippen LogP contribution in [0.2, 0.25) is 0 Å². The quantitative estimate of drug-likeness (QED) is 0.702. The maximum atomic E-state index is 11.1. The molecule has 0 rings (SSSR count). The molecule has 4 nitrogen and oxygen atoms in total. The number of carbonyl (C=O) groups excluding carboxylic acids is 1. The molecule has 0 aliphatic carbocycles. The molecule has 0 unspecified atom stereocenters. The minimum atomic E-state index is -0.468. The van der Waals surface area contributed by atoms with Crippen LogP contribution in [0.15, 0.2) is 17.1 Å². The molecule has 0 bridgehead atoms. The zero-order valence-electron chi connectivity index (χ0n) is 9.26. The van der Waals surface area contributed by atoms with Crippen LogP contribution in [0.1, 0.15) is 20.8 Å². The van der Waals surface area contributed by atoms with Gasteiger partial charge < -0.3 is 10.1 Å². The van der Waals surface area contributed by atoms with Gasteiger partial charge in [0.25, 0.3) is 0 Å². The summed E-state index contributed by atoms with van der Waals surface area (Å²) in [7, 11) is 1.65. The van der Waals surface area contributed by atoms with E-state index >= 15 is 0 Å². The number of aliphatic imine (C=N–C) groups is 1. The highest BCUT2D eigenvalue weighted by Crippen LogP contribution is 2.06. The van der Waals surface area contributed by atoms with Crippen molar-refractivity contribution >= 4 is 12.3 Å². The van der Waals surface area contributed by atoms with E-state index in [1.165, 1.54) is 0 Å². The monoisotopic (exact) mass is 198 g/mol. The van der Waals surface area contributed by atoms with Crippen molar-refractivity contribution in [2.45, 2.75) is 26.4 Å². The highest BCUT2D eigenvalue weighted by atomic mass is 16.6. The van der Waals surface area contributed by atoms with E-state index in [4.69, 9.17) is 4.74 Å². The number of amides is 1. The number of nitrogens with zero attached hydrogens (tertiary/aromatic N) is 1. The summed E-state index contributed by atoms with van der Waals surface area (Å²) < 4.78 is 5.03. The fourth-order valence-electron chi connectivity index (χ4n) is 0.728. The number of ether oxygens (including phenoxy) is 1. The van der Waals surface area contributed by atoms with E-state index in [-0.39, 0.29) is 0 Å². The molecule has 0 saturated carbocycles. The van der Waals surface area contributed by atoms with Crippen LogP contribution in [-0.2, 0) is 4.74 Å². The van der Waals surface area contributed by atoms with Gasteiger partial charge in [-0.15, -0.1) is 0 Å². The van der Waals surface area contributed by atoms with Crippen LogP contribution in [0.5, 0.6) is 0 Å². The Hall–Kier alpha value is -1.32. The first-order chi connectivity index (χ1) is 6.35. The fraction of sp³-hybridized carbons (Fsp3) is 0.600. The Morgan fingerprint density at radius 3 is 2.57 bits per heavy atom. The highest BCUT2D eigenvalue weighted by Gasteiger charge is 2.15. The lowest BCUT2D eigenvalue weighted by Gasteiger charge is -2.19. The van der Waals surface area contributed by atoms with Crippen molar-refractivity contribution in [3.8, 4) is 0 Å². The predicted molar refractivity (Wildman–Crippen MR) is 57.8 cm³/mol. The molecule has 1 N–H and O–H groups in total. The number of rotatable bonds is 3. The van der Waals surface area contributed by atoms with Gasteiger partial charge in [0.05, 0.1) is 0 Å². The topological polar surface area (TPSA) is 50.7 Å². The van der Waals surface area contributed by atoms with Gasteiger partial charge in [0.1, 0.15) is 5.60 Å². The lowest BCUT2D eigenvalue weighted by Crippen LogP contribution is -2.33. The molecule has 0 aromatic heterocycles. The lowest BCUT2D eigenvalue weighted by molar-refractivity contribution is 0.0533. The molecule has 0 spiro atoms. The molecule has 80 valence electrons. The molecule has 0 aromatic rings. The van der Waals surface area contributed by atoms with Crippen molar-refractivity contribution in [2.24, 2.45) is 4.99 Å². The third-order valence-electron chi connectivity index (χ3n) is 1.17. The summed E-state index contributed by atoms with van der Waals surface area (Å²) in [5.41, 5.74) is 0.267. The van der Waals surface area contributed by atoms with Crippen LogP contribution >= 0.6 is 0 Å². The fourth-order valence-corrected chi connectivity index (χ4v) is 0.728. The lowest BCUT2D eigenvalue weighted by atomic mass is 10.2. The normalized spacial score (nSPS) is 11.4. The third kappa shape index (κ3) is 7.34. The summed E-state index contributed by atoms with van der Waals surface area (Å²) >= 11 is 0. The number of nitrogens with one attached hydrogen (secondary N) is 1. The van der Waals surface area contributed by atoms with Crippen LogP contribution in [-0.4, -0.2) is 31.5 Å². The molecule has 0 fully saturated rings. The molecule has 0 aliphatic rings. The Bertz CT molecular complexity index is 239. The number of alkyl carbamates (subject to hydrolysis) is 1. The van der Waals surface area contributed by atoms with Crippen molar-refractivity contribution in [3.05, 3.63) is 12.2 Å². The largest absolute Gasteiger partial charge is 0.444 e. The van der Waals surface area contributed by atoms with E-state index in [9.17, 15) is 4.79 Å². The molecule has 0 atom stereocenters. The van der Waals surface area contributed by atoms with Gasteiger partial charge in [-0.25, -0.2) is 4.79 Å². The Kier molecular flexibility index (Phi) is 4.91. The summed E-state index contributed by atoms with van der Waals surface area (Å²) in [6, 6.07) is 0. The van der Waals surface area contributed by atoms with E-state index in [2.05, 4.69) is 16.9 Å². The van der Waals surface area contributed by atoms with Crippen LogP contribution < -0.4 is 5.32 Å². The maximum Gasteiger partial charge on any atom is 0.407 e. The van der Waals surface area contributed by atoms with Gasteiger partial charge in [-0.3, -0.25) is 4.99 Å². The second-order valence-corrected chi connectivity index (χ2v) is 3.90. The Balaban J connectivity index is 3.81. The zero-order chi connectivity index (χ0) is 11.2. The van der Waals surface area contributed by atoms with Gasteiger partial charge in [0.15, 0.2) is 0 Å². The average molecular weight is 198 g/mol. The van der Waals surface area contributed by atoms with Gasteiger partial charge in [-0.1, -0.05) is 6.58 Å². The van der Waals surface area contributed by atoms with Crippen LogP contribution in [0.3, 0.4) is 0 Å². The molecule has 0 saturated heterocycles. The number of hydrogen-bond donors (Lipinski definition) is 1. The van der Waals surface area contributed by atoms with E-state index in [1.54, 1.807) is 13.3 Å². The highest BCUT2D eigenvalue weighted by molar-refractivity contribution is 5.79. The van der Waals surface area contributed by atoms with E-state index in [0.29, 0.717) is 6.54 Å². The first kappa shape index (κ1) is 12.7.